The van der Waals surface area contributed by atoms with Crippen molar-refractivity contribution in [2.24, 2.45) is 3.77 Å². The van der Waals surface area contributed by atoms with Gasteiger partial charge in [0.15, 0.2) is 0 Å². The quantitative estimate of drug-likeness (QED) is 0.712. The van der Waals surface area contributed by atoms with Crippen molar-refractivity contribution >= 4 is 29.6 Å². The maximum Gasteiger partial charge on any atom is 0.347 e. The van der Waals surface area contributed by atoms with E-state index in [9.17, 15) is 12.6 Å². The molecule has 0 bridgehead atoms. The molecule has 1 saturated carbocycles. The van der Waals surface area contributed by atoms with Crippen LogP contribution in [0.15, 0.2) is 3.77 Å². The molecule has 1 aliphatic carbocycles. The molecule has 1 atom stereocenters. The zero-order chi connectivity index (χ0) is 10.8. The van der Waals surface area contributed by atoms with Crippen molar-refractivity contribution in [1.82, 2.24) is 0 Å². The second kappa shape index (κ2) is 4.37. The van der Waals surface area contributed by atoms with Gasteiger partial charge in [-0.25, -0.2) is 4.21 Å². The van der Waals surface area contributed by atoms with Gasteiger partial charge in [0, 0.05) is 22.2 Å². The Hall–Kier alpha value is 0.190. The van der Waals surface area contributed by atoms with Crippen molar-refractivity contribution < 1.29 is 12.6 Å². The van der Waals surface area contributed by atoms with Gasteiger partial charge in [0.05, 0.1) is 9.73 Å². The molecule has 0 amide bonds. The highest BCUT2D eigenvalue weighted by Gasteiger charge is 2.23. The van der Waals surface area contributed by atoms with Crippen molar-refractivity contribution in [3.63, 3.8) is 0 Å². The molecule has 84 valence electrons. The van der Waals surface area contributed by atoms with Gasteiger partial charge in [-0.2, -0.15) is 8.42 Å². The molecule has 0 aliphatic heterocycles. The SMILES string of the molecule is CS(=O)(=NS(=O)(=O)Cl)C1CCCCC1. The number of hydrogen-bond acceptors (Lipinski definition) is 3. The fourth-order valence-electron chi connectivity index (χ4n) is 1.74. The lowest BCUT2D eigenvalue weighted by atomic mass is 10.0. The zero-order valence-electron chi connectivity index (χ0n) is 7.98. The molecule has 1 fully saturated rings. The maximum absolute atomic E-state index is 11.9. The Morgan fingerprint density at radius 1 is 1.14 bits per heavy atom. The Balaban J connectivity index is 2.94. The summed E-state index contributed by atoms with van der Waals surface area (Å²) < 4.78 is 36.6. The summed E-state index contributed by atoms with van der Waals surface area (Å²) in [5, 5.41) is -0.121. The number of rotatable bonds is 2. The van der Waals surface area contributed by atoms with E-state index in [1.807, 2.05) is 0 Å². The van der Waals surface area contributed by atoms with E-state index in [4.69, 9.17) is 10.7 Å². The van der Waals surface area contributed by atoms with Gasteiger partial charge < -0.3 is 0 Å². The molecule has 1 rings (SSSR count). The largest absolute Gasteiger partial charge is 0.347 e. The van der Waals surface area contributed by atoms with Crippen LogP contribution in [-0.2, 0) is 19.0 Å². The maximum atomic E-state index is 11.9. The van der Waals surface area contributed by atoms with Gasteiger partial charge >= 0.3 is 9.24 Å². The number of hydrogen-bond donors (Lipinski definition) is 0. The van der Waals surface area contributed by atoms with E-state index in [2.05, 4.69) is 3.77 Å². The topological polar surface area (TPSA) is 63.6 Å². The normalized spacial score (nSPS) is 24.1. The molecule has 0 aromatic carbocycles. The van der Waals surface area contributed by atoms with E-state index in [-0.39, 0.29) is 5.25 Å². The van der Waals surface area contributed by atoms with Crippen molar-refractivity contribution in [3.8, 4) is 0 Å². The highest BCUT2D eigenvalue weighted by atomic mass is 35.7. The molecule has 0 spiro atoms. The number of nitrogens with zero attached hydrogens (tertiary/aromatic N) is 1. The summed E-state index contributed by atoms with van der Waals surface area (Å²) in [6.07, 6.45) is 6.06. The molecule has 1 unspecified atom stereocenters. The van der Waals surface area contributed by atoms with Gasteiger partial charge in [-0.3, -0.25) is 0 Å². The Morgan fingerprint density at radius 3 is 2.07 bits per heavy atom. The van der Waals surface area contributed by atoms with Gasteiger partial charge in [-0.05, 0) is 12.8 Å². The van der Waals surface area contributed by atoms with Crippen molar-refractivity contribution in [3.05, 3.63) is 0 Å². The first kappa shape index (κ1) is 12.3. The third-order valence-electron chi connectivity index (χ3n) is 2.41. The lowest BCUT2D eigenvalue weighted by molar-refractivity contribution is 0.503. The fourth-order valence-corrected chi connectivity index (χ4v) is 5.86. The minimum atomic E-state index is -4.01. The van der Waals surface area contributed by atoms with Crippen LogP contribution in [-0.4, -0.2) is 24.1 Å². The molecule has 0 radical (unpaired) electrons. The Morgan fingerprint density at radius 2 is 1.64 bits per heavy atom. The lowest BCUT2D eigenvalue weighted by Gasteiger charge is -2.21. The molecule has 0 N–H and O–H groups in total. The minimum absolute atomic E-state index is 0.121. The van der Waals surface area contributed by atoms with Crippen molar-refractivity contribution in [2.75, 3.05) is 6.26 Å². The van der Waals surface area contributed by atoms with E-state index in [0.717, 1.165) is 32.1 Å². The first-order chi connectivity index (χ1) is 6.31. The molecule has 1 aliphatic rings. The minimum Gasteiger partial charge on any atom is -0.249 e. The van der Waals surface area contributed by atoms with Gasteiger partial charge in [-0.1, -0.05) is 23.0 Å². The summed E-state index contributed by atoms with van der Waals surface area (Å²) >= 11 is 0. The molecule has 7 heteroatoms. The van der Waals surface area contributed by atoms with Crippen molar-refractivity contribution in [1.29, 1.82) is 0 Å². The highest BCUT2D eigenvalue weighted by molar-refractivity contribution is 8.17. The molecular formula is C7H14ClNO3S2. The summed E-state index contributed by atoms with van der Waals surface area (Å²) in [4.78, 5) is 0. The van der Waals surface area contributed by atoms with E-state index >= 15 is 0 Å². The molecule has 0 aromatic heterocycles. The van der Waals surface area contributed by atoms with Gasteiger partial charge in [-0.15, -0.1) is 0 Å². The predicted octanol–water partition coefficient (Wildman–Crippen LogP) is 1.90. The molecule has 4 nitrogen and oxygen atoms in total. The summed E-state index contributed by atoms with van der Waals surface area (Å²) in [6, 6.07) is 0. The lowest BCUT2D eigenvalue weighted by Crippen LogP contribution is -2.23. The zero-order valence-corrected chi connectivity index (χ0v) is 10.4. The molecule has 0 aromatic rings. The molecule has 0 heterocycles. The smallest absolute Gasteiger partial charge is 0.249 e. The fraction of sp³-hybridized carbons (Fsp3) is 1.00. The molecule has 14 heavy (non-hydrogen) atoms. The molecular weight excluding hydrogens is 246 g/mol. The number of halogens is 1. The van der Waals surface area contributed by atoms with E-state index in [0.29, 0.717) is 0 Å². The van der Waals surface area contributed by atoms with E-state index in [1.165, 1.54) is 6.26 Å². The van der Waals surface area contributed by atoms with Gasteiger partial charge in [0.1, 0.15) is 0 Å². The van der Waals surface area contributed by atoms with Gasteiger partial charge in [0.2, 0.25) is 0 Å². The van der Waals surface area contributed by atoms with Crippen LogP contribution < -0.4 is 0 Å². The Bertz CT molecular complexity index is 403. The third kappa shape index (κ3) is 3.74. The van der Waals surface area contributed by atoms with Crippen molar-refractivity contribution in [2.45, 2.75) is 37.4 Å². The van der Waals surface area contributed by atoms with Crippen LogP contribution in [0.5, 0.6) is 0 Å². The second-order valence-electron chi connectivity index (χ2n) is 3.61. The highest BCUT2D eigenvalue weighted by Crippen LogP contribution is 2.25. The molecule has 0 saturated heterocycles. The van der Waals surface area contributed by atoms with Gasteiger partial charge in [0.25, 0.3) is 0 Å². The van der Waals surface area contributed by atoms with E-state index in [1.54, 1.807) is 0 Å². The summed E-state index contributed by atoms with van der Waals surface area (Å²) in [7, 11) is -1.73. The summed E-state index contributed by atoms with van der Waals surface area (Å²) in [5.41, 5.74) is 0. The monoisotopic (exact) mass is 259 g/mol. The average molecular weight is 260 g/mol. The van der Waals surface area contributed by atoms with E-state index < -0.39 is 19.0 Å². The Kier molecular flexibility index (Phi) is 3.82. The van der Waals surface area contributed by atoms with Crippen LogP contribution in [0.4, 0.5) is 0 Å². The summed E-state index contributed by atoms with van der Waals surface area (Å²) in [5.74, 6) is 0. The van der Waals surface area contributed by atoms with Crippen LogP contribution in [0, 0.1) is 0 Å². The predicted molar refractivity (Wildman–Crippen MR) is 58.1 cm³/mol. The third-order valence-corrected chi connectivity index (χ3v) is 6.52. The van der Waals surface area contributed by atoms with Crippen LogP contribution in [0.2, 0.25) is 0 Å². The van der Waals surface area contributed by atoms with Crippen LogP contribution >= 0.6 is 10.7 Å². The van der Waals surface area contributed by atoms with Crippen LogP contribution in [0.1, 0.15) is 32.1 Å². The first-order valence-electron chi connectivity index (χ1n) is 4.48. The Labute approximate surface area is 89.8 Å². The average Bonchev–Trinajstić information content (AvgIpc) is 2.01. The second-order valence-corrected chi connectivity index (χ2v) is 8.59. The standard InChI is InChI=1S/C7H14ClNO3S2/c1-13(10,9-14(8,11)12)7-5-3-2-4-6-7/h7H,2-6H2,1H3. The van der Waals surface area contributed by atoms with Crippen LogP contribution in [0.3, 0.4) is 0 Å². The van der Waals surface area contributed by atoms with Crippen LogP contribution in [0.25, 0.3) is 0 Å². The summed E-state index contributed by atoms with van der Waals surface area (Å²) in [6.45, 7) is 0. The first-order valence-corrected chi connectivity index (χ1v) is 8.73.